The van der Waals surface area contributed by atoms with Crippen LogP contribution in [0.1, 0.15) is 5.56 Å². The van der Waals surface area contributed by atoms with E-state index in [9.17, 15) is 17.6 Å². The van der Waals surface area contributed by atoms with E-state index in [-0.39, 0.29) is 22.2 Å². The van der Waals surface area contributed by atoms with Crippen LogP contribution >= 0.6 is 11.6 Å². The van der Waals surface area contributed by atoms with Crippen LogP contribution in [-0.2, 0) is 6.18 Å². The topological polar surface area (TPSA) is 66.0 Å². The molecule has 0 fully saturated rings. The maximum atomic E-state index is 14.1. The minimum Gasteiger partial charge on any atom is -0.497 e. The predicted octanol–water partition coefficient (Wildman–Crippen LogP) is 4.34. The Hall–Kier alpha value is -2.81. The summed E-state index contributed by atoms with van der Waals surface area (Å²) in [5, 5.41) is 7.87. The molecule has 0 spiro atoms. The van der Waals surface area contributed by atoms with Crippen molar-refractivity contribution in [3.63, 3.8) is 0 Å². The normalized spacial score (nSPS) is 11.6. The van der Waals surface area contributed by atoms with Crippen molar-refractivity contribution in [3.8, 4) is 22.7 Å². The van der Waals surface area contributed by atoms with Crippen LogP contribution in [0, 0.1) is 5.82 Å². The number of rotatable bonds is 3. The summed E-state index contributed by atoms with van der Waals surface area (Å²) in [5.74, 6) is -0.696. The van der Waals surface area contributed by atoms with Gasteiger partial charge < -0.3 is 10.5 Å². The molecule has 0 radical (unpaired) electrons. The van der Waals surface area contributed by atoms with Gasteiger partial charge in [0.1, 0.15) is 22.9 Å². The highest BCUT2D eigenvalue weighted by molar-refractivity contribution is 6.33. The van der Waals surface area contributed by atoms with Crippen LogP contribution in [-0.4, -0.2) is 22.1 Å². The average molecular weight is 387 g/mol. The van der Waals surface area contributed by atoms with Crippen LogP contribution in [0.5, 0.6) is 5.75 Å². The van der Waals surface area contributed by atoms with Crippen LogP contribution in [0.25, 0.3) is 16.9 Å². The maximum absolute atomic E-state index is 14.1. The van der Waals surface area contributed by atoms with E-state index in [2.05, 4.69) is 10.3 Å². The largest absolute Gasteiger partial charge is 0.497 e. The van der Waals surface area contributed by atoms with Gasteiger partial charge in [-0.25, -0.2) is 4.39 Å². The number of hydrogen-bond acceptors (Lipinski definition) is 4. The molecule has 2 aromatic carbocycles. The molecule has 1 heterocycles. The van der Waals surface area contributed by atoms with Gasteiger partial charge in [-0.05, 0) is 36.4 Å². The average Bonchev–Trinajstić information content (AvgIpc) is 2.95. The zero-order valence-corrected chi connectivity index (χ0v) is 13.9. The van der Waals surface area contributed by atoms with Crippen molar-refractivity contribution in [1.29, 1.82) is 0 Å². The fourth-order valence-corrected chi connectivity index (χ4v) is 2.59. The van der Waals surface area contributed by atoms with E-state index < -0.39 is 17.6 Å². The molecule has 2 N–H and O–H groups in total. The number of methoxy groups -OCH3 is 1. The van der Waals surface area contributed by atoms with E-state index in [4.69, 9.17) is 22.1 Å². The summed E-state index contributed by atoms with van der Waals surface area (Å²) in [6.45, 7) is 0. The van der Waals surface area contributed by atoms with Crippen molar-refractivity contribution >= 4 is 17.4 Å². The van der Waals surface area contributed by atoms with E-state index in [0.717, 1.165) is 16.8 Å². The number of ether oxygens (including phenoxy) is 1. The number of halogens is 5. The van der Waals surface area contributed by atoms with Crippen molar-refractivity contribution in [2.45, 2.75) is 6.18 Å². The van der Waals surface area contributed by atoms with Gasteiger partial charge >= 0.3 is 6.18 Å². The lowest BCUT2D eigenvalue weighted by Gasteiger charge is -2.10. The number of nitrogens with zero attached hydrogens (tertiary/aromatic N) is 3. The predicted molar refractivity (Wildman–Crippen MR) is 87.7 cm³/mol. The van der Waals surface area contributed by atoms with E-state index in [1.165, 1.54) is 13.2 Å². The molecule has 0 saturated carbocycles. The fraction of sp³-hybridized carbons (Fsp3) is 0.125. The Kier molecular flexibility index (Phi) is 4.49. The van der Waals surface area contributed by atoms with Crippen molar-refractivity contribution in [3.05, 3.63) is 52.8 Å². The number of alkyl halides is 3. The Morgan fingerprint density at radius 3 is 2.46 bits per heavy atom. The summed E-state index contributed by atoms with van der Waals surface area (Å²) in [6, 6.07) is 6.79. The molecule has 3 rings (SSSR count). The van der Waals surface area contributed by atoms with Gasteiger partial charge in [-0.1, -0.05) is 16.8 Å². The molecule has 0 bridgehead atoms. The Balaban J connectivity index is 2.05. The van der Waals surface area contributed by atoms with Crippen molar-refractivity contribution < 1.29 is 22.3 Å². The van der Waals surface area contributed by atoms with Gasteiger partial charge in [-0.15, -0.1) is 5.10 Å². The highest BCUT2D eigenvalue weighted by atomic mass is 35.5. The smallest absolute Gasteiger partial charge is 0.416 e. The second-order valence-electron chi connectivity index (χ2n) is 5.24. The Bertz CT molecular complexity index is 971. The molecule has 0 aliphatic carbocycles. The van der Waals surface area contributed by atoms with Gasteiger partial charge in [0, 0.05) is 5.56 Å². The monoisotopic (exact) mass is 386 g/mol. The first kappa shape index (κ1) is 18.0. The molecule has 0 aliphatic heterocycles. The van der Waals surface area contributed by atoms with E-state index in [1.807, 2.05) is 0 Å². The van der Waals surface area contributed by atoms with Crippen LogP contribution < -0.4 is 10.5 Å². The third-order valence-electron chi connectivity index (χ3n) is 3.64. The van der Waals surface area contributed by atoms with E-state index in [1.54, 1.807) is 12.1 Å². The molecule has 5 nitrogen and oxygen atoms in total. The number of hydrogen-bond donors (Lipinski definition) is 1. The van der Waals surface area contributed by atoms with E-state index in [0.29, 0.717) is 17.4 Å². The van der Waals surface area contributed by atoms with Crippen LogP contribution in [0.3, 0.4) is 0 Å². The summed E-state index contributed by atoms with van der Waals surface area (Å²) in [6.07, 6.45) is -4.66. The lowest BCUT2D eigenvalue weighted by atomic mass is 10.1. The third-order valence-corrected chi connectivity index (χ3v) is 3.95. The molecule has 26 heavy (non-hydrogen) atoms. The molecular weight excluding hydrogens is 376 g/mol. The summed E-state index contributed by atoms with van der Waals surface area (Å²) < 4.78 is 58.1. The highest BCUT2D eigenvalue weighted by Crippen LogP contribution is 2.35. The van der Waals surface area contributed by atoms with Crippen LogP contribution in [0.15, 0.2) is 36.4 Å². The molecule has 3 aromatic rings. The first-order chi connectivity index (χ1) is 12.2. The number of aromatic nitrogens is 3. The van der Waals surface area contributed by atoms with Gasteiger partial charge in [0.25, 0.3) is 0 Å². The molecule has 10 heteroatoms. The van der Waals surface area contributed by atoms with E-state index >= 15 is 0 Å². The van der Waals surface area contributed by atoms with Gasteiger partial charge in [0.15, 0.2) is 5.82 Å². The minimum atomic E-state index is -4.66. The van der Waals surface area contributed by atoms with Gasteiger partial charge in [-0.3, -0.25) is 0 Å². The lowest BCUT2D eigenvalue weighted by Crippen LogP contribution is -2.09. The number of benzene rings is 2. The Labute approximate surface area is 149 Å². The molecular formula is C16H11ClF4N4O. The number of nitrogens with two attached hydrogens (primary N) is 1. The summed E-state index contributed by atoms with van der Waals surface area (Å²) in [7, 11) is 1.48. The number of nitrogen functional groups attached to an aromatic ring is 1. The third kappa shape index (κ3) is 3.17. The summed E-state index contributed by atoms with van der Waals surface area (Å²) in [4.78, 5) is 0. The SMILES string of the molecule is COc1ccc(-c2nnn(-c3ccc(C(F)(F)F)cc3F)c2N)c(Cl)c1. The quantitative estimate of drug-likeness (QED) is 0.680. The standard InChI is InChI=1S/C16H11ClF4N4O/c1-26-9-3-4-10(11(17)7-9)14-15(22)25(24-23-14)13-5-2-8(6-12(13)18)16(19,20)21/h2-7H,22H2,1H3. The molecule has 136 valence electrons. The number of anilines is 1. The molecule has 0 unspecified atom stereocenters. The summed E-state index contributed by atoms with van der Waals surface area (Å²) in [5.41, 5.74) is 5.16. The van der Waals surface area contributed by atoms with Gasteiger partial charge in [0.2, 0.25) is 0 Å². The zero-order chi connectivity index (χ0) is 19.1. The first-order valence-corrected chi connectivity index (χ1v) is 7.52. The van der Waals surface area contributed by atoms with Gasteiger partial charge in [0.05, 0.1) is 17.7 Å². The molecule has 1 aromatic heterocycles. The second kappa shape index (κ2) is 6.49. The minimum absolute atomic E-state index is 0.0734. The lowest BCUT2D eigenvalue weighted by molar-refractivity contribution is -0.137. The fourth-order valence-electron chi connectivity index (χ4n) is 2.33. The Morgan fingerprint density at radius 1 is 1.15 bits per heavy atom. The molecule has 0 saturated heterocycles. The van der Waals surface area contributed by atoms with Crippen LogP contribution in [0.4, 0.5) is 23.4 Å². The van der Waals surface area contributed by atoms with Crippen LogP contribution in [0.2, 0.25) is 5.02 Å². The molecule has 0 atom stereocenters. The molecule has 0 amide bonds. The van der Waals surface area contributed by atoms with Crippen molar-refractivity contribution in [2.75, 3.05) is 12.8 Å². The van der Waals surface area contributed by atoms with Gasteiger partial charge in [-0.2, -0.15) is 17.9 Å². The second-order valence-corrected chi connectivity index (χ2v) is 5.65. The first-order valence-electron chi connectivity index (χ1n) is 7.14. The zero-order valence-electron chi connectivity index (χ0n) is 13.2. The highest BCUT2D eigenvalue weighted by Gasteiger charge is 2.31. The van der Waals surface area contributed by atoms with Crippen molar-refractivity contribution in [2.24, 2.45) is 0 Å². The molecule has 0 aliphatic rings. The maximum Gasteiger partial charge on any atom is 0.416 e. The summed E-state index contributed by atoms with van der Waals surface area (Å²) >= 11 is 6.16. The van der Waals surface area contributed by atoms with Crippen molar-refractivity contribution in [1.82, 2.24) is 15.0 Å². The Morgan fingerprint density at radius 2 is 1.88 bits per heavy atom.